The van der Waals surface area contributed by atoms with Crippen molar-refractivity contribution in [3.8, 4) is 0 Å². The average molecular weight is 295 g/mol. The molecule has 0 saturated heterocycles. The van der Waals surface area contributed by atoms with Crippen LogP contribution >= 0.6 is 0 Å². The van der Waals surface area contributed by atoms with Crippen molar-refractivity contribution >= 4 is 16.6 Å². The minimum Gasteiger partial charge on any atom is -0.388 e. The van der Waals surface area contributed by atoms with Crippen LogP contribution in [0.1, 0.15) is 23.7 Å². The molecular weight excluding hydrogens is 274 g/mol. The molecule has 0 amide bonds. The maximum absolute atomic E-state index is 10.5. The summed E-state index contributed by atoms with van der Waals surface area (Å²) in [7, 11) is 2.05. The Bertz CT molecular complexity index is 751. The molecular formula is C18H21N3O. The molecule has 1 heterocycles. The lowest BCUT2D eigenvalue weighted by Crippen LogP contribution is -2.20. The van der Waals surface area contributed by atoms with Gasteiger partial charge in [0.2, 0.25) is 0 Å². The van der Waals surface area contributed by atoms with Crippen LogP contribution in [-0.2, 0) is 0 Å². The molecule has 4 heteroatoms. The number of hydrogen-bond acceptors (Lipinski definition) is 3. The van der Waals surface area contributed by atoms with E-state index < -0.39 is 6.10 Å². The number of aryl methyl sites for hydroxylation is 1. The van der Waals surface area contributed by atoms with Crippen molar-refractivity contribution < 1.29 is 5.11 Å². The molecule has 3 rings (SSSR count). The van der Waals surface area contributed by atoms with Crippen molar-refractivity contribution in [1.82, 2.24) is 10.2 Å². The molecule has 0 bridgehead atoms. The smallest absolute Gasteiger partial charge is 0.0809 e. The summed E-state index contributed by atoms with van der Waals surface area (Å²) in [4.78, 5) is 2.16. The molecule has 0 saturated carbocycles. The number of nitrogens with zero attached hydrogens (tertiary/aromatic N) is 2. The minimum atomic E-state index is -0.467. The fraction of sp³-hybridized carbons (Fsp3) is 0.278. The lowest BCUT2D eigenvalue weighted by atomic mass is 9.98. The van der Waals surface area contributed by atoms with E-state index in [0.29, 0.717) is 6.42 Å². The summed E-state index contributed by atoms with van der Waals surface area (Å²) >= 11 is 0. The van der Waals surface area contributed by atoms with Gasteiger partial charge in [0, 0.05) is 24.7 Å². The summed E-state index contributed by atoms with van der Waals surface area (Å²) in [5, 5.41) is 18.6. The van der Waals surface area contributed by atoms with Crippen LogP contribution in [0.4, 0.5) is 5.69 Å². The highest BCUT2D eigenvalue weighted by Crippen LogP contribution is 2.27. The molecule has 0 spiro atoms. The van der Waals surface area contributed by atoms with Gasteiger partial charge in [0.1, 0.15) is 0 Å². The van der Waals surface area contributed by atoms with E-state index in [9.17, 15) is 5.11 Å². The highest BCUT2D eigenvalue weighted by molar-refractivity contribution is 5.82. The number of aromatic nitrogens is 2. The van der Waals surface area contributed by atoms with Gasteiger partial charge >= 0.3 is 0 Å². The van der Waals surface area contributed by atoms with Crippen LogP contribution in [0.5, 0.6) is 0 Å². The number of fused-ring (bicyclic) bond motifs is 1. The molecule has 3 aromatic rings. The van der Waals surface area contributed by atoms with Gasteiger partial charge in [-0.15, -0.1) is 0 Å². The van der Waals surface area contributed by atoms with E-state index in [1.807, 2.05) is 50.5 Å². The molecule has 0 aliphatic heterocycles. The summed E-state index contributed by atoms with van der Waals surface area (Å²) in [6.45, 7) is 2.84. The van der Waals surface area contributed by atoms with Gasteiger partial charge in [-0.1, -0.05) is 24.3 Å². The zero-order valence-electron chi connectivity index (χ0n) is 13.0. The Labute approximate surface area is 130 Å². The normalized spacial score (nSPS) is 12.5. The molecule has 0 radical (unpaired) electrons. The van der Waals surface area contributed by atoms with Crippen LogP contribution in [0.3, 0.4) is 0 Å². The second kappa shape index (κ2) is 6.20. The largest absolute Gasteiger partial charge is 0.388 e. The van der Waals surface area contributed by atoms with Crippen molar-refractivity contribution in [2.45, 2.75) is 19.4 Å². The van der Waals surface area contributed by atoms with Gasteiger partial charge in [0.05, 0.1) is 17.8 Å². The monoisotopic (exact) mass is 295 g/mol. The van der Waals surface area contributed by atoms with Gasteiger partial charge in [0.25, 0.3) is 0 Å². The first-order chi connectivity index (χ1) is 10.7. The van der Waals surface area contributed by atoms with Crippen LogP contribution in [-0.4, -0.2) is 28.9 Å². The Hall–Kier alpha value is -2.33. The number of aliphatic hydroxyl groups is 1. The summed E-state index contributed by atoms with van der Waals surface area (Å²) in [5.74, 6) is 0. The highest BCUT2D eigenvalue weighted by Gasteiger charge is 2.14. The summed E-state index contributed by atoms with van der Waals surface area (Å²) < 4.78 is 0. The third-order valence-corrected chi connectivity index (χ3v) is 4.23. The van der Waals surface area contributed by atoms with Gasteiger partial charge in [0.15, 0.2) is 0 Å². The van der Waals surface area contributed by atoms with Crippen molar-refractivity contribution in [2.75, 3.05) is 18.5 Å². The fourth-order valence-electron chi connectivity index (χ4n) is 2.82. The van der Waals surface area contributed by atoms with Crippen molar-refractivity contribution in [2.24, 2.45) is 0 Å². The zero-order chi connectivity index (χ0) is 15.5. The Morgan fingerprint density at radius 2 is 1.95 bits per heavy atom. The summed E-state index contributed by atoms with van der Waals surface area (Å²) in [6, 6.07) is 14.2. The topological polar surface area (TPSA) is 52.1 Å². The number of aliphatic hydroxyl groups excluding tert-OH is 1. The van der Waals surface area contributed by atoms with E-state index in [4.69, 9.17) is 0 Å². The summed E-state index contributed by atoms with van der Waals surface area (Å²) in [5.41, 5.74) is 4.25. The zero-order valence-corrected chi connectivity index (χ0v) is 13.0. The van der Waals surface area contributed by atoms with Crippen LogP contribution in [0, 0.1) is 6.92 Å². The van der Waals surface area contributed by atoms with Crippen molar-refractivity contribution in [3.05, 3.63) is 59.8 Å². The molecule has 2 aromatic carbocycles. The van der Waals surface area contributed by atoms with E-state index in [2.05, 4.69) is 27.2 Å². The number of H-pyrrole nitrogens is 1. The number of aromatic amines is 1. The fourth-order valence-corrected chi connectivity index (χ4v) is 2.82. The van der Waals surface area contributed by atoms with Gasteiger partial charge in [-0.3, -0.25) is 5.10 Å². The van der Waals surface area contributed by atoms with Crippen molar-refractivity contribution in [1.29, 1.82) is 0 Å². The highest BCUT2D eigenvalue weighted by atomic mass is 16.3. The predicted octanol–water partition coefficient (Wildman–Crippen LogP) is 3.43. The van der Waals surface area contributed by atoms with Gasteiger partial charge in [-0.05, 0) is 42.7 Å². The number of hydrogen-bond donors (Lipinski definition) is 2. The third-order valence-electron chi connectivity index (χ3n) is 4.23. The summed E-state index contributed by atoms with van der Waals surface area (Å²) in [6.07, 6.45) is 2.04. The maximum Gasteiger partial charge on any atom is 0.0809 e. The molecule has 1 aromatic heterocycles. The van der Waals surface area contributed by atoms with E-state index in [-0.39, 0.29) is 0 Å². The molecule has 1 unspecified atom stereocenters. The van der Waals surface area contributed by atoms with Crippen LogP contribution in [0.2, 0.25) is 0 Å². The van der Waals surface area contributed by atoms with E-state index in [1.165, 1.54) is 0 Å². The Morgan fingerprint density at radius 1 is 1.18 bits per heavy atom. The minimum absolute atomic E-state index is 0.467. The molecule has 0 aliphatic carbocycles. The standard InChI is InChI=1S/C18H21N3O/c1-13-15(8-9-17-16(13)12-19-20-17)18(22)10-11-21(2)14-6-4-3-5-7-14/h3-9,12,18,22H,10-11H2,1-2H3,(H,19,20). The first-order valence-electron chi connectivity index (χ1n) is 7.53. The molecule has 2 N–H and O–H groups in total. The molecule has 4 nitrogen and oxygen atoms in total. The number of rotatable bonds is 5. The molecule has 22 heavy (non-hydrogen) atoms. The molecule has 1 atom stereocenters. The van der Waals surface area contributed by atoms with E-state index in [1.54, 1.807) is 0 Å². The van der Waals surface area contributed by atoms with Gasteiger partial charge in [-0.25, -0.2) is 0 Å². The molecule has 114 valence electrons. The average Bonchev–Trinajstić information content (AvgIpc) is 3.03. The van der Waals surface area contributed by atoms with E-state index >= 15 is 0 Å². The first kappa shape index (κ1) is 14.6. The van der Waals surface area contributed by atoms with Crippen LogP contribution in [0.15, 0.2) is 48.7 Å². The van der Waals surface area contributed by atoms with Crippen LogP contribution in [0.25, 0.3) is 10.9 Å². The maximum atomic E-state index is 10.5. The quantitative estimate of drug-likeness (QED) is 0.758. The van der Waals surface area contributed by atoms with Crippen molar-refractivity contribution in [3.63, 3.8) is 0 Å². The lowest BCUT2D eigenvalue weighted by Gasteiger charge is -2.22. The van der Waals surface area contributed by atoms with Crippen LogP contribution < -0.4 is 4.90 Å². The number of benzene rings is 2. The second-order valence-corrected chi connectivity index (χ2v) is 5.67. The first-order valence-corrected chi connectivity index (χ1v) is 7.53. The van der Waals surface area contributed by atoms with Gasteiger partial charge < -0.3 is 10.0 Å². The number of para-hydroxylation sites is 1. The Morgan fingerprint density at radius 3 is 2.73 bits per heavy atom. The SMILES string of the molecule is Cc1c(C(O)CCN(C)c2ccccc2)ccc2[nH]ncc12. The molecule has 0 fully saturated rings. The predicted molar refractivity (Wildman–Crippen MR) is 90.1 cm³/mol. The number of anilines is 1. The number of nitrogens with one attached hydrogen (secondary N) is 1. The lowest BCUT2D eigenvalue weighted by molar-refractivity contribution is 0.169. The Balaban J connectivity index is 1.71. The van der Waals surface area contributed by atoms with Gasteiger partial charge in [-0.2, -0.15) is 5.10 Å². The second-order valence-electron chi connectivity index (χ2n) is 5.67. The third kappa shape index (κ3) is 2.83. The Kier molecular flexibility index (Phi) is 4.11. The van der Waals surface area contributed by atoms with E-state index in [0.717, 1.165) is 34.3 Å². The molecule has 0 aliphatic rings.